The molecule has 0 spiro atoms. The first-order valence-electron chi connectivity index (χ1n) is 7.23. The molecule has 0 bridgehead atoms. The highest BCUT2D eigenvalue weighted by molar-refractivity contribution is 9.10. The quantitative estimate of drug-likeness (QED) is 0.845. The number of hydrogen-bond acceptors (Lipinski definition) is 4. The van der Waals surface area contributed by atoms with Crippen molar-refractivity contribution in [2.45, 2.75) is 32.4 Å². The molecule has 1 aromatic rings. The Morgan fingerprint density at radius 2 is 2.29 bits per heavy atom. The first-order valence-corrected chi connectivity index (χ1v) is 8.03. The van der Waals surface area contributed by atoms with Crippen molar-refractivity contribution < 1.29 is 9.47 Å². The molecule has 1 fully saturated rings. The third-order valence-electron chi connectivity index (χ3n) is 3.03. The van der Waals surface area contributed by atoms with E-state index in [9.17, 15) is 0 Å². The van der Waals surface area contributed by atoms with Gasteiger partial charge in [0.05, 0.1) is 24.8 Å². The van der Waals surface area contributed by atoms with Crippen LogP contribution in [-0.2, 0) is 4.74 Å². The summed E-state index contributed by atoms with van der Waals surface area (Å²) in [6, 6.07) is 6.18. The van der Waals surface area contributed by atoms with Crippen molar-refractivity contribution >= 4 is 22.1 Å². The van der Waals surface area contributed by atoms with Crippen LogP contribution in [0.25, 0.3) is 0 Å². The summed E-state index contributed by atoms with van der Waals surface area (Å²) >= 11 is 3.57. The van der Waals surface area contributed by atoms with Crippen LogP contribution < -0.4 is 10.1 Å². The summed E-state index contributed by atoms with van der Waals surface area (Å²) in [5.74, 6) is 0.838. The van der Waals surface area contributed by atoms with E-state index >= 15 is 0 Å². The van der Waals surface area contributed by atoms with Gasteiger partial charge in [0.25, 0.3) is 0 Å². The van der Waals surface area contributed by atoms with E-state index in [1.54, 1.807) is 0 Å². The second-order valence-electron chi connectivity index (χ2n) is 6.12. The molecular formula is C16H23BrN2O2. The van der Waals surface area contributed by atoms with Gasteiger partial charge in [-0.2, -0.15) is 0 Å². The Hall–Kier alpha value is -0.910. The van der Waals surface area contributed by atoms with Crippen LogP contribution in [0.5, 0.6) is 5.75 Å². The lowest BCUT2D eigenvalue weighted by atomic mass is 10.1. The van der Waals surface area contributed by atoms with Crippen LogP contribution in [0.1, 0.15) is 26.3 Å². The van der Waals surface area contributed by atoms with Crippen LogP contribution in [0.3, 0.4) is 0 Å². The van der Waals surface area contributed by atoms with Crippen molar-refractivity contribution in [3.8, 4) is 5.75 Å². The van der Waals surface area contributed by atoms with Gasteiger partial charge in [0.1, 0.15) is 12.4 Å². The molecule has 5 heteroatoms. The minimum atomic E-state index is -0.106. The predicted octanol–water partition coefficient (Wildman–Crippen LogP) is 3.03. The fourth-order valence-corrected chi connectivity index (χ4v) is 2.39. The molecule has 1 aromatic carbocycles. The Bertz CT molecular complexity index is 492. The Morgan fingerprint density at radius 1 is 1.48 bits per heavy atom. The molecule has 1 atom stereocenters. The molecule has 21 heavy (non-hydrogen) atoms. The van der Waals surface area contributed by atoms with Gasteiger partial charge < -0.3 is 14.8 Å². The third-order valence-corrected chi connectivity index (χ3v) is 3.72. The van der Waals surface area contributed by atoms with E-state index < -0.39 is 0 Å². The molecule has 1 N–H and O–H groups in total. The summed E-state index contributed by atoms with van der Waals surface area (Å²) in [6.07, 6.45) is 1.88. The highest BCUT2D eigenvalue weighted by Gasteiger charge is 2.15. The van der Waals surface area contributed by atoms with E-state index in [1.807, 2.05) is 24.4 Å². The number of benzene rings is 1. The van der Waals surface area contributed by atoms with Crippen molar-refractivity contribution in [2.75, 3.05) is 26.4 Å². The molecule has 1 saturated heterocycles. The number of nitrogens with zero attached hydrogens (tertiary/aromatic N) is 1. The van der Waals surface area contributed by atoms with Crippen LogP contribution in [0.2, 0.25) is 0 Å². The molecule has 1 aliphatic rings. The summed E-state index contributed by atoms with van der Waals surface area (Å²) < 4.78 is 12.4. The zero-order chi connectivity index (χ0) is 15.3. The maximum atomic E-state index is 5.96. The van der Waals surface area contributed by atoms with Crippen LogP contribution in [-0.4, -0.2) is 44.2 Å². The molecule has 0 amide bonds. The summed E-state index contributed by atoms with van der Waals surface area (Å²) in [5.41, 5.74) is 0.870. The highest BCUT2D eigenvalue weighted by atomic mass is 79.9. The van der Waals surface area contributed by atoms with E-state index in [0.717, 1.165) is 28.9 Å². The van der Waals surface area contributed by atoms with Crippen molar-refractivity contribution in [1.29, 1.82) is 0 Å². The van der Waals surface area contributed by atoms with E-state index in [4.69, 9.17) is 9.47 Å². The van der Waals surface area contributed by atoms with Crippen molar-refractivity contribution in [1.82, 2.24) is 5.32 Å². The van der Waals surface area contributed by atoms with Crippen molar-refractivity contribution in [3.63, 3.8) is 0 Å². The minimum Gasteiger partial charge on any atom is -0.491 e. The van der Waals surface area contributed by atoms with Gasteiger partial charge in [-0.3, -0.25) is 4.99 Å². The molecular weight excluding hydrogens is 332 g/mol. The van der Waals surface area contributed by atoms with Crippen LogP contribution in [0.15, 0.2) is 27.7 Å². The fourth-order valence-electron chi connectivity index (χ4n) is 1.94. The average molecular weight is 355 g/mol. The topological polar surface area (TPSA) is 42.9 Å². The third kappa shape index (κ3) is 5.41. The smallest absolute Gasteiger partial charge is 0.129 e. The molecule has 4 nitrogen and oxygen atoms in total. The van der Waals surface area contributed by atoms with Gasteiger partial charge in [-0.15, -0.1) is 0 Å². The van der Waals surface area contributed by atoms with E-state index in [-0.39, 0.29) is 11.6 Å². The maximum absolute atomic E-state index is 5.96. The Morgan fingerprint density at radius 3 is 2.95 bits per heavy atom. The first-order chi connectivity index (χ1) is 9.96. The molecule has 0 unspecified atom stereocenters. The molecule has 0 aromatic heterocycles. The SMILES string of the molecule is CC(C)(C)/N=C/c1c(Br)cccc1OC[C@@H]1COCCN1. The van der Waals surface area contributed by atoms with Gasteiger partial charge in [0.2, 0.25) is 0 Å². The monoisotopic (exact) mass is 354 g/mol. The van der Waals surface area contributed by atoms with E-state index in [2.05, 4.69) is 47.0 Å². The van der Waals surface area contributed by atoms with Gasteiger partial charge in [-0.1, -0.05) is 6.07 Å². The molecule has 116 valence electrons. The van der Waals surface area contributed by atoms with Gasteiger partial charge in [0, 0.05) is 22.8 Å². The molecule has 1 heterocycles. The summed E-state index contributed by atoms with van der Waals surface area (Å²) in [6.45, 7) is 9.16. The number of halogens is 1. The molecule has 0 aliphatic carbocycles. The lowest BCUT2D eigenvalue weighted by molar-refractivity contribution is 0.0592. The highest BCUT2D eigenvalue weighted by Crippen LogP contribution is 2.26. The lowest BCUT2D eigenvalue weighted by Gasteiger charge is -2.24. The Balaban J connectivity index is 2.07. The Kier molecular flexibility index (Phi) is 5.79. The first kappa shape index (κ1) is 16.5. The second kappa shape index (κ2) is 7.38. The summed E-state index contributed by atoms with van der Waals surface area (Å²) in [5, 5.41) is 3.38. The number of ether oxygens (including phenoxy) is 2. The largest absolute Gasteiger partial charge is 0.491 e. The average Bonchev–Trinajstić information content (AvgIpc) is 2.44. The zero-order valence-corrected chi connectivity index (χ0v) is 14.4. The second-order valence-corrected chi connectivity index (χ2v) is 6.97. The predicted molar refractivity (Wildman–Crippen MR) is 89.6 cm³/mol. The van der Waals surface area contributed by atoms with Crippen LogP contribution >= 0.6 is 15.9 Å². The number of aliphatic imine (C=N–C) groups is 1. The van der Waals surface area contributed by atoms with Gasteiger partial charge in [-0.05, 0) is 48.8 Å². The number of morpholine rings is 1. The minimum absolute atomic E-state index is 0.106. The zero-order valence-electron chi connectivity index (χ0n) is 12.9. The summed E-state index contributed by atoms with van der Waals surface area (Å²) in [7, 11) is 0. The van der Waals surface area contributed by atoms with Crippen molar-refractivity contribution in [3.05, 3.63) is 28.2 Å². The normalized spacial score (nSPS) is 19.9. The number of rotatable bonds is 4. The molecule has 0 radical (unpaired) electrons. The van der Waals surface area contributed by atoms with Gasteiger partial charge in [0.15, 0.2) is 0 Å². The molecule has 2 rings (SSSR count). The number of hydrogen-bond donors (Lipinski definition) is 1. The number of nitrogens with one attached hydrogen (secondary N) is 1. The maximum Gasteiger partial charge on any atom is 0.129 e. The van der Waals surface area contributed by atoms with E-state index in [0.29, 0.717) is 13.2 Å². The molecule has 1 aliphatic heterocycles. The van der Waals surface area contributed by atoms with E-state index in [1.165, 1.54) is 0 Å². The van der Waals surface area contributed by atoms with Crippen LogP contribution in [0, 0.1) is 0 Å². The molecule has 0 saturated carbocycles. The fraction of sp³-hybridized carbons (Fsp3) is 0.562. The van der Waals surface area contributed by atoms with Crippen LogP contribution in [0.4, 0.5) is 0 Å². The lowest BCUT2D eigenvalue weighted by Crippen LogP contribution is -2.44. The standard InChI is InChI=1S/C16H23BrN2O2/c1-16(2,3)19-9-13-14(17)5-4-6-15(13)21-11-12-10-20-8-7-18-12/h4-6,9,12,18H,7-8,10-11H2,1-3H3/b19-9+/t12-/m0/s1. The van der Waals surface area contributed by atoms with Gasteiger partial charge in [-0.25, -0.2) is 0 Å². The van der Waals surface area contributed by atoms with Crippen molar-refractivity contribution in [2.24, 2.45) is 4.99 Å². The summed E-state index contributed by atoms with van der Waals surface area (Å²) in [4.78, 5) is 4.57. The van der Waals surface area contributed by atoms with Gasteiger partial charge >= 0.3 is 0 Å². The Labute approximate surface area is 135 Å².